The van der Waals surface area contributed by atoms with E-state index in [0.717, 1.165) is 37.8 Å². The predicted octanol–water partition coefficient (Wildman–Crippen LogP) is 4.34. The Morgan fingerprint density at radius 1 is 1.29 bits per heavy atom. The van der Waals surface area contributed by atoms with Crippen LogP contribution < -0.4 is 14.5 Å². The van der Waals surface area contributed by atoms with Crippen molar-refractivity contribution in [3.8, 4) is 22.9 Å². The van der Waals surface area contributed by atoms with Gasteiger partial charge in [0, 0.05) is 25.6 Å². The molecule has 152 valence electrons. The number of alkyl halides is 2. The van der Waals surface area contributed by atoms with Crippen molar-refractivity contribution in [1.82, 2.24) is 9.55 Å². The average molecular weight is 412 g/mol. The Morgan fingerprint density at radius 2 is 2.04 bits per heavy atom. The van der Waals surface area contributed by atoms with E-state index in [4.69, 9.17) is 13.1 Å². The fourth-order valence-corrected chi connectivity index (χ4v) is 2.93. The topological polar surface area (TPSA) is 62.6 Å². The van der Waals surface area contributed by atoms with Crippen LogP contribution in [-0.4, -0.2) is 28.7 Å². The zero-order valence-electron chi connectivity index (χ0n) is 15.9. The van der Waals surface area contributed by atoms with Crippen molar-refractivity contribution < 1.29 is 21.9 Å². The van der Waals surface area contributed by atoms with Gasteiger partial charge < -0.3 is 8.92 Å². The van der Waals surface area contributed by atoms with Crippen LogP contribution in [0.25, 0.3) is 11.3 Å². The van der Waals surface area contributed by atoms with Crippen molar-refractivity contribution in [3.63, 3.8) is 0 Å². The molecule has 0 unspecified atom stereocenters. The van der Waals surface area contributed by atoms with Crippen LogP contribution in [-0.2, 0) is 11.2 Å². The van der Waals surface area contributed by atoms with Gasteiger partial charge in [0.2, 0.25) is 12.3 Å². The van der Waals surface area contributed by atoms with E-state index in [9.17, 15) is 13.6 Å². The molecule has 28 heavy (non-hydrogen) atoms. The first kappa shape index (κ1) is 20.6. The van der Waals surface area contributed by atoms with Crippen LogP contribution in [0.3, 0.4) is 0 Å². The van der Waals surface area contributed by atoms with Gasteiger partial charge in [-0.15, -0.1) is 0 Å². The van der Waals surface area contributed by atoms with Gasteiger partial charge in [-0.1, -0.05) is 0 Å². The second-order valence-electron chi connectivity index (χ2n) is 6.72. The minimum atomic E-state index is -2.99. The van der Waals surface area contributed by atoms with Gasteiger partial charge in [-0.2, -0.15) is 0 Å². The second kappa shape index (κ2) is 8.48. The smallest absolute Gasteiger partial charge is 0.278 e. The summed E-state index contributed by atoms with van der Waals surface area (Å²) in [6.07, 6.45) is 2.13. The predicted molar refractivity (Wildman–Crippen MR) is 103 cm³/mol. The van der Waals surface area contributed by atoms with Gasteiger partial charge in [-0.05, 0) is 44.0 Å². The first-order valence-electron chi connectivity index (χ1n) is 8.98. The first-order chi connectivity index (χ1) is 13.3. The largest absolute Gasteiger partial charge is 0.472 e. The van der Waals surface area contributed by atoms with E-state index in [-0.39, 0.29) is 5.88 Å². The van der Waals surface area contributed by atoms with Gasteiger partial charge in [-0.3, -0.25) is 13.5 Å². The highest BCUT2D eigenvalue weighted by atomic mass is 32.2. The molecule has 6 nitrogen and oxygen atoms in total. The summed E-state index contributed by atoms with van der Waals surface area (Å²) >= 11 is 0.812. The summed E-state index contributed by atoms with van der Waals surface area (Å²) in [5.74, 6) is -2.15. The van der Waals surface area contributed by atoms with E-state index in [2.05, 4.69) is 4.98 Å². The molecule has 9 heteroatoms. The van der Waals surface area contributed by atoms with E-state index < -0.39 is 18.1 Å². The maximum absolute atomic E-state index is 13.1. The summed E-state index contributed by atoms with van der Waals surface area (Å²) in [5.41, 5.74) is 1.18. The van der Waals surface area contributed by atoms with Crippen molar-refractivity contribution in [2.24, 2.45) is 7.05 Å². The van der Waals surface area contributed by atoms with Crippen LogP contribution in [0, 0.1) is 0 Å². The molecule has 0 bridgehead atoms. The van der Waals surface area contributed by atoms with Crippen molar-refractivity contribution in [3.05, 3.63) is 40.3 Å². The number of aromatic nitrogens is 2. The summed E-state index contributed by atoms with van der Waals surface area (Å²) < 4.78 is 43.1. The zero-order chi connectivity index (χ0) is 20.3. The second-order valence-corrected chi connectivity index (χ2v) is 7.26. The van der Waals surface area contributed by atoms with Crippen molar-refractivity contribution >= 4 is 12.3 Å². The molecule has 3 rings (SSSR count). The number of hydrogen-bond donors (Lipinski definition) is 0. The lowest BCUT2D eigenvalue weighted by molar-refractivity contribution is -0.0252. The van der Waals surface area contributed by atoms with Crippen molar-refractivity contribution in [1.29, 1.82) is 0 Å². The molecule has 0 spiro atoms. The maximum atomic E-state index is 13.1. The molecule has 1 fully saturated rings. The molecule has 2 aromatic rings. The van der Waals surface area contributed by atoms with Crippen LogP contribution >= 0.6 is 12.3 Å². The molecule has 0 N–H and O–H groups in total. The van der Waals surface area contributed by atoms with E-state index in [1.165, 1.54) is 23.7 Å². The molecule has 0 radical (unpaired) electrons. The average Bonchev–Trinajstić information content (AvgIpc) is 3.48. The molecule has 1 saturated carbocycles. The Morgan fingerprint density at radius 3 is 2.68 bits per heavy atom. The molecule has 0 amide bonds. The van der Waals surface area contributed by atoms with Crippen molar-refractivity contribution in [2.75, 3.05) is 13.2 Å². The number of ether oxygens (including phenoxy) is 1. The van der Waals surface area contributed by atoms with Crippen LogP contribution in [0.1, 0.15) is 38.3 Å². The molecule has 1 aliphatic rings. The van der Waals surface area contributed by atoms with Gasteiger partial charge in [0.15, 0.2) is 18.2 Å². The standard InChI is InChI=1S/C19H22F2N2O4S/c1-4-26-28-27-15-9-8-14(12-5-6-12)22-17(15)13-7-10-16(23(3)18(13)24)25-11-19(2,20)21/h7-10,12H,4-6,11H2,1-3H3. The van der Waals surface area contributed by atoms with Crippen LogP contribution in [0.5, 0.6) is 11.6 Å². The van der Waals surface area contributed by atoms with Gasteiger partial charge in [0.25, 0.3) is 11.5 Å². The highest BCUT2D eigenvalue weighted by molar-refractivity contribution is 7.90. The summed E-state index contributed by atoms with van der Waals surface area (Å²) in [5, 5.41) is 0. The quantitative estimate of drug-likeness (QED) is 0.451. The number of rotatable bonds is 9. The summed E-state index contributed by atoms with van der Waals surface area (Å²) in [4.78, 5) is 17.5. The summed E-state index contributed by atoms with van der Waals surface area (Å²) in [6.45, 7) is 2.24. The molecular formula is C19H22F2N2O4S. The van der Waals surface area contributed by atoms with Crippen LogP contribution in [0.15, 0.2) is 29.1 Å². The maximum Gasteiger partial charge on any atom is 0.278 e. The molecule has 1 aliphatic carbocycles. The molecular weight excluding hydrogens is 390 g/mol. The van der Waals surface area contributed by atoms with Gasteiger partial charge >= 0.3 is 0 Å². The normalized spacial score (nSPS) is 14.2. The van der Waals surface area contributed by atoms with E-state index in [1.54, 1.807) is 6.07 Å². The third-order valence-corrected chi connectivity index (χ3v) is 4.73. The van der Waals surface area contributed by atoms with Crippen LogP contribution in [0.4, 0.5) is 8.78 Å². The zero-order valence-corrected chi connectivity index (χ0v) is 16.7. The summed E-state index contributed by atoms with van der Waals surface area (Å²) in [6, 6.07) is 6.65. The minimum Gasteiger partial charge on any atom is -0.472 e. The first-order valence-corrected chi connectivity index (χ1v) is 9.65. The lowest BCUT2D eigenvalue weighted by atomic mass is 10.1. The third-order valence-electron chi connectivity index (χ3n) is 4.15. The fourth-order valence-electron chi connectivity index (χ4n) is 2.58. The molecule has 0 saturated heterocycles. The lowest BCUT2D eigenvalue weighted by Crippen LogP contribution is -2.26. The van der Waals surface area contributed by atoms with Gasteiger partial charge in [0.1, 0.15) is 5.69 Å². The van der Waals surface area contributed by atoms with Gasteiger partial charge in [-0.25, -0.2) is 13.8 Å². The van der Waals surface area contributed by atoms with E-state index in [0.29, 0.717) is 29.5 Å². The fraction of sp³-hybridized carbons (Fsp3) is 0.474. The molecule has 0 aliphatic heterocycles. The van der Waals surface area contributed by atoms with Gasteiger partial charge in [0.05, 0.1) is 12.2 Å². The van der Waals surface area contributed by atoms with Crippen molar-refractivity contribution in [2.45, 2.75) is 38.5 Å². The van der Waals surface area contributed by atoms with E-state index >= 15 is 0 Å². The Labute approximate surface area is 166 Å². The molecule has 2 aromatic heterocycles. The highest BCUT2D eigenvalue weighted by Crippen LogP contribution is 2.41. The SMILES string of the molecule is CCOSOc1ccc(C2CC2)nc1-c1ccc(OCC(C)(F)F)n(C)c1=O. The van der Waals surface area contributed by atoms with E-state index in [1.807, 2.05) is 13.0 Å². The molecule has 0 atom stereocenters. The monoisotopic (exact) mass is 412 g/mol. The Balaban J connectivity index is 1.95. The lowest BCUT2D eigenvalue weighted by Gasteiger charge is -2.16. The summed E-state index contributed by atoms with van der Waals surface area (Å²) in [7, 11) is 1.47. The van der Waals surface area contributed by atoms with Crippen LogP contribution in [0.2, 0.25) is 0 Å². The number of hydrogen-bond acceptors (Lipinski definition) is 6. The minimum absolute atomic E-state index is 0.0554. The number of halogens is 2. The molecule has 0 aromatic carbocycles. The Hall–Kier alpha value is -2.13. The molecule has 2 heterocycles. The number of nitrogens with zero attached hydrogens (tertiary/aromatic N) is 2. The Bertz CT molecular complexity index is 894. The highest BCUT2D eigenvalue weighted by Gasteiger charge is 2.27. The number of pyridine rings is 2. The Kier molecular flexibility index (Phi) is 6.24. The third kappa shape index (κ3) is 5.02.